The maximum absolute atomic E-state index is 12.7. The van der Waals surface area contributed by atoms with Crippen LogP contribution in [0.25, 0.3) is 0 Å². The van der Waals surface area contributed by atoms with Crippen molar-refractivity contribution < 1.29 is 18.1 Å². The second kappa shape index (κ2) is 7.27. The first-order chi connectivity index (χ1) is 11.2. The number of piperidine rings is 1. The van der Waals surface area contributed by atoms with Crippen LogP contribution in [-0.2, 0) is 10.0 Å². The van der Waals surface area contributed by atoms with Crippen LogP contribution < -0.4 is 4.72 Å². The molecular weight excluding hydrogens is 334 g/mol. The molecule has 0 aromatic heterocycles. The quantitative estimate of drug-likeness (QED) is 0.632. The average Bonchev–Trinajstić information content (AvgIpc) is 2.51. The fourth-order valence-electron chi connectivity index (χ4n) is 2.93. The van der Waals surface area contributed by atoms with Crippen LogP contribution in [0.3, 0.4) is 0 Å². The van der Waals surface area contributed by atoms with Crippen molar-refractivity contribution in [2.75, 3.05) is 25.9 Å². The number of likely N-dealkylation sites (tertiary alicyclic amines) is 1. The lowest BCUT2D eigenvalue weighted by Gasteiger charge is -2.32. The Labute approximate surface area is 141 Å². The lowest BCUT2D eigenvalue weighted by molar-refractivity contribution is -0.385. The molecular formula is C15H21N3O5S. The number of benzene rings is 1. The minimum absolute atomic E-state index is 0.00119. The molecule has 1 aliphatic rings. The topological polar surface area (TPSA) is 110 Å². The Bertz CT molecular complexity index is 747. The highest BCUT2D eigenvalue weighted by Gasteiger charge is 2.30. The van der Waals surface area contributed by atoms with Crippen molar-refractivity contribution in [2.24, 2.45) is 5.92 Å². The average molecular weight is 355 g/mol. The summed E-state index contributed by atoms with van der Waals surface area (Å²) in [6.07, 6.45) is 2.64. The highest BCUT2D eigenvalue weighted by molar-refractivity contribution is 7.88. The van der Waals surface area contributed by atoms with E-state index < -0.39 is 14.9 Å². The van der Waals surface area contributed by atoms with Gasteiger partial charge in [0.15, 0.2) is 0 Å². The largest absolute Gasteiger partial charge is 0.338 e. The zero-order valence-electron chi connectivity index (χ0n) is 13.7. The predicted molar refractivity (Wildman–Crippen MR) is 89.3 cm³/mol. The van der Waals surface area contributed by atoms with Gasteiger partial charge in [-0.3, -0.25) is 14.9 Å². The van der Waals surface area contributed by atoms with E-state index >= 15 is 0 Å². The van der Waals surface area contributed by atoms with Crippen LogP contribution in [0.1, 0.15) is 28.8 Å². The first-order valence-corrected chi connectivity index (χ1v) is 9.56. The van der Waals surface area contributed by atoms with Crippen LogP contribution in [0, 0.1) is 23.0 Å². The smallest absolute Gasteiger partial charge is 0.285 e. The first kappa shape index (κ1) is 18.3. The molecule has 1 amide bonds. The Hall–Kier alpha value is -2.00. The number of carbonyl (C=O) groups is 1. The van der Waals surface area contributed by atoms with Crippen molar-refractivity contribution in [3.8, 4) is 0 Å². The molecule has 132 valence electrons. The molecule has 1 fully saturated rings. The Balaban J connectivity index is 2.15. The molecule has 8 nitrogen and oxygen atoms in total. The van der Waals surface area contributed by atoms with E-state index in [0.29, 0.717) is 18.7 Å². The minimum Gasteiger partial charge on any atom is -0.338 e. The number of hydrogen-bond donors (Lipinski definition) is 1. The number of para-hydroxylation sites is 1. The second-order valence-electron chi connectivity index (χ2n) is 6.11. The lowest BCUT2D eigenvalue weighted by atomic mass is 9.97. The second-order valence-corrected chi connectivity index (χ2v) is 7.94. The molecule has 1 N–H and O–H groups in total. The third kappa shape index (κ3) is 4.51. The van der Waals surface area contributed by atoms with Gasteiger partial charge < -0.3 is 4.90 Å². The predicted octanol–water partition coefficient (Wildman–Crippen LogP) is 1.30. The number of amides is 1. The highest BCUT2D eigenvalue weighted by Crippen LogP contribution is 2.26. The van der Waals surface area contributed by atoms with Gasteiger partial charge in [-0.25, -0.2) is 13.1 Å². The van der Waals surface area contributed by atoms with Crippen molar-refractivity contribution in [3.05, 3.63) is 39.4 Å². The van der Waals surface area contributed by atoms with E-state index in [0.717, 1.165) is 19.1 Å². The van der Waals surface area contributed by atoms with Gasteiger partial charge in [0.2, 0.25) is 10.0 Å². The van der Waals surface area contributed by atoms with Crippen LogP contribution in [-0.4, -0.2) is 50.0 Å². The normalized spacial score (nSPS) is 18.4. The zero-order valence-corrected chi connectivity index (χ0v) is 14.5. The maximum atomic E-state index is 12.7. The third-order valence-corrected chi connectivity index (χ3v) is 4.78. The van der Waals surface area contributed by atoms with Gasteiger partial charge in [0.1, 0.15) is 5.56 Å². The summed E-state index contributed by atoms with van der Waals surface area (Å²) < 4.78 is 24.9. The zero-order chi connectivity index (χ0) is 17.9. The summed E-state index contributed by atoms with van der Waals surface area (Å²) in [5, 5.41) is 11.3. The van der Waals surface area contributed by atoms with Gasteiger partial charge in [0.25, 0.3) is 11.6 Å². The summed E-state index contributed by atoms with van der Waals surface area (Å²) >= 11 is 0. The summed E-state index contributed by atoms with van der Waals surface area (Å²) in [7, 11) is -3.28. The molecule has 0 radical (unpaired) electrons. The molecule has 0 spiro atoms. The molecule has 1 atom stereocenters. The number of hydrogen-bond acceptors (Lipinski definition) is 5. The molecule has 0 aliphatic carbocycles. The number of nitrogens with one attached hydrogen (secondary N) is 1. The van der Waals surface area contributed by atoms with E-state index in [1.165, 1.54) is 6.07 Å². The number of nitro benzene ring substituents is 1. The Morgan fingerprint density at radius 3 is 2.79 bits per heavy atom. The molecule has 1 aromatic rings. The highest BCUT2D eigenvalue weighted by atomic mass is 32.2. The fourth-order valence-corrected chi connectivity index (χ4v) is 3.47. The van der Waals surface area contributed by atoms with Crippen LogP contribution in [0.5, 0.6) is 0 Å². The van der Waals surface area contributed by atoms with Crippen molar-refractivity contribution >= 4 is 21.6 Å². The summed E-state index contributed by atoms with van der Waals surface area (Å²) in [6, 6.07) is 4.69. The maximum Gasteiger partial charge on any atom is 0.285 e. The van der Waals surface area contributed by atoms with Crippen LogP contribution in [0.2, 0.25) is 0 Å². The molecule has 1 aliphatic heterocycles. The number of aryl methyl sites for hydroxylation is 1. The molecule has 0 bridgehead atoms. The van der Waals surface area contributed by atoms with Gasteiger partial charge in [0, 0.05) is 25.2 Å². The van der Waals surface area contributed by atoms with E-state index in [1.807, 2.05) is 0 Å². The molecule has 9 heteroatoms. The van der Waals surface area contributed by atoms with E-state index in [9.17, 15) is 23.3 Å². The van der Waals surface area contributed by atoms with Gasteiger partial charge >= 0.3 is 0 Å². The lowest BCUT2D eigenvalue weighted by Crippen LogP contribution is -2.43. The number of nitrogens with zero attached hydrogens (tertiary/aromatic N) is 2. The van der Waals surface area contributed by atoms with E-state index in [1.54, 1.807) is 24.0 Å². The SMILES string of the molecule is Cc1cccc(C(=O)N2CCCC(CNS(C)(=O)=O)C2)c1[N+](=O)[O-]. The molecule has 1 unspecified atom stereocenters. The summed E-state index contributed by atoms with van der Waals surface area (Å²) in [4.78, 5) is 25.0. The van der Waals surface area contributed by atoms with Gasteiger partial charge in [-0.1, -0.05) is 12.1 Å². The van der Waals surface area contributed by atoms with Gasteiger partial charge in [0.05, 0.1) is 11.2 Å². The first-order valence-electron chi connectivity index (χ1n) is 7.67. The Kier molecular flexibility index (Phi) is 5.55. The number of sulfonamides is 1. The van der Waals surface area contributed by atoms with Crippen LogP contribution in [0.4, 0.5) is 5.69 Å². The molecule has 24 heavy (non-hydrogen) atoms. The van der Waals surface area contributed by atoms with Crippen molar-refractivity contribution in [3.63, 3.8) is 0 Å². The monoisotopic (exact) mass is 355 g/mol. The Morgan fingerprint density at radius 2 is 2.17 bits per heavy atom. The van der Waals surface area contributed by atoms with Crippen molar-refractivity contribution in [2.45, 2.75) is 19.8 Å². The summed E-state index contributed by atoms with van der Waals surface area (Å²) in [6.45, 7) is 2.76. The standard InChI is InChI=1S/C15H21N3O5S/c1-11-5-3-7-13(14(11)18(20)21)15(19)17-8-4-6-12(10-17)9-16-24(2,22)23/h3,5,7,12,16H,4,6,8-10H2,1-2H3. The van der Waals surface area contributed by atoms with E-state index in [2.05, 4.69) is 4.72 Å². The number of carbonyl (C=O) groups excluding carboxylic acids is 1. The third-order valence-electron chi connectivity index (χ3n) is 4.09. The van der Waals surface area contributed by atoms with Crippen molar-refractivity contribution in [1.82, 2.24) is 9.62 Å². The van der Waals surface area contributed by atoms with E-state index in [4.69, 9.17) is 0 Å². The van der Waals surface area contributed by atoms with Crippen LogP contribution in [0.15, 0.2) is 18.2 Å². The van der Waals surface area contributed by atoms with Gasteiger partial charge in [-0.15, -0.1) is 0 Å². The summed E-state index contributed by atoms with van der Waals surface area (Å²) in [5.74, 6) is -0.379. The molecule has 1 saturated heterocycles. The summed E-state index contributed by atoms with van der Waals surface area (Å²) in [5.41, 5.74) is 0.355. The Morgan fingerprint density at radius 1 is 1.46 bits per heavy atom. The van der Waals surface area contributed by atoms with Crippen molar-refractivity contribution in [1.29, 1.82) is 0 Å². The fraction of sp³-hybridized carbons (Fsp3) is 0.533. The van der Waals surface area contributed by atoms with Crippen LogP contribution >= 0.6 is 0 Å². The molecule has 1 heterocycles. The molecule has 2 rings (SSSR count). The van der Waals surface area contributed by atoms with Gasteiger partial charge in [-0.2, -0.15) is 0 Å². The number of rotatable bonds is 5. The minimum atomic E-state index is -3.28. The van der Waals surface area contributed by atoms with Gasteiger partial charge in [-0.05, 0) is 31.7 Å². The number of nitro groups is 1. The van der Waals surface area contributed by atoms with E-state index in [-0.39, 0.29) is 29.6 Å². The molecule has 1 aromatic carbocycles. The molecule has 0 saturated carbocycles.